The molecule has 1 saturated heterocycles. The first-order valence-electron chi connectivity index (χ1n) is 14.5. The van der Waals surface area contributed by atoms with Gasteiger partial charge >= 0.3 is 0 Å². The van der Waals surface area contributed by atoms with Crippen LogP contribution in [0, 0.1) is 12.8 Å². The molecule has 2 unspecified atom stereocenters. The van der Waals surface area contributed by atoms with Crippen LogP contribution in [0.4, 0.5) is 11.4 Å². The number of benzene rings is 2. The molecule has 0 radical (unpaired) electrons. The summed E-state index contributed by atoms with van der Waals surface area (Å²) in [7, 11) is 0. The fourth-order valence-corrected chi connectivity index (χ4v) is 8.70. The fraction of sp³-hybridized carbons (Fsp3) is 0.333. The number of morpholine rings is 1. The second-order valence-electron chi connectivity index (χ2n) is 11.2. The molecule has 2 atom stereocenters. The van der Waals surface area contributed by atoms with Gasteiger partial charge in [0.05, 0.1) is 18.3 Å². The molecule has 210 valence electrons. The van der Waals surface area contributed by atoms with E-state index in [0.29, 0.717) is 31.3 Å². The predicted molar refractivity (Wildman–Crippen MR) is 166 cm³/mol. The van der Waals surface area contributed by atoms with Crippen LogP contribution in [0.15, 0.2) is 97.4 Å². The van der Waals surface area contributed by atoms with Gasteiger partial charge in [0.15, 0.2) is 0 Å². The predicted octanol–water partition coefficient (Wildman–Crippen LogP) is 7.62. The largest absolute Gasteiger partial charge is 0.376 e. The molecular formula is C33H34N4O2S2. The molecule has 0 amide bonds. The van der Waals surface area contributed by atoms with Gasteiger partial charge in [-0.25, -0.2) is 0 Å². The Balaban J connectivity index is 1.13. The second kappa shape index (κ2) is 11.6. The minimum Gasteiger partial charge on any atom is -0.376 e. The van der Waals surface area contributed by atoms with Crippen molar-refractivity contribution >= 4 is 34.9 Å². The average molecular weight is 583 g/mol. The van der Waals surface area contributed by atoms with Crippen LogP contribution in [0.2, 0.25) is 0 Å². The van der Waals surface area contributed by atoms with Crippen molar-refractivity contribution in [1.29, 1.82) is 0 Å². The molecule has 2 aliphatic heterocycles. The van der Waals surface area contributed by atoms with Gasteiger partial charge in [-0.2, -0.15) is 0 Å². The first kappa shape index (κ1) is 26.7. The molecule has 8 heteroatoms. The molecule has 1 aliphatic carbocycles. The first-order valence-corrected chi connectivity index (χ1v) is 16.1. The van der Waals surface area contributed by atoms with E-state index in [4.69, 9.17) is 9.72 Å². The summed E-state index contributed by atoms with van der Waals surface area (Å²) >= 11 is 3.66. The topological polar surface area (TPSA) is 70.2 Å². The maximum atomic E-state index is 12.4. The zero-order chi connectivity index (χ0) is 27.8. The summed E-state index contributed by atoms with van der Waals surface area (Å²) in [5.41, 5.74) is 5.32. The van der Waals surface area contributed by atoms with Crippen molar-refractivity contribution in [3.8, 4) is 0 Å². The number of hydrogen-bond donors (Lipinski definition) is 2. The van der Waals surface area contributed by atoms with Crippen molar-refractivity contribution in [2.24, 2.45) is 5.92 Å². The van der Waals surface area contributed by atoms with Gasteiger partial charge in [0.1, 0.15) is 11.8 Å². The summed E-state index contributed by atoms with van der Waals surface area (Å²) in [6, 6.07) is 21.6. The van der Waals surface area contributed by atoms with Crippen molar-refractivity contribution in [1.82, 2.24) is 9.97 Å². The summed E-state index contributed by atoms with van der Waals surface area (Å²) in [5, 5.41) is 3.88. The smallest absolute Gasteiger partial charge is 0.271 e. The van der Waals surface area contributed by atoms with Crippen LogP contribution in [0.1, 0.15) is 54.6 Å². The Hall–Kier alpha value is -3.20. The van der Waals surface area contributed by atoms with Crippen LogP contribution in [0.5, 0.6) is 0 Å². The molecule has 4 heterocycles. The van der Waals surface area contributed by atoms with Gasteiger partial charge in [0.2, 0.25) is 0 Å². The lowest BCUT2D eigenvalue weighted by molar-refractivity contribution is 0.0378. The molecule has 7 rings (SSSR count). The van der Waals surface area contributed by atoms with Gasteiger partial charge in [-0.3, -0.25) is 9.78 Å². The highest BCUT2D eigenvalue weighted by Gasteiger charge is 2.30. The molecular weight excluding hydrogens is 549 g/mol. The normalized spacial score (nSPS) is 19.4. The monoisotopic (exact) mass is 582 g/mol. The molecule has 2 N–H and O–H groups in total. The average Bonchev–Trinajstić information content (AvgIpc) is 3.54. The number of ether oxygens (including phenoxy) is 1. The zero-order valence-corrected chi connectivity index (χ0v) is 24.8. The van der Waals surface area contributed by atoms with E-state index >= 15 is 0 Å². The number of anilines is 2. The molecule has 4 aromatic rings. The standard InChI is InChI=1S/C33H34N4O2S2/c1-21-11-13-25(35-19-21)31(22-6-2-3-7-22)36-23-12-14-28-30(18-23)40-29-10-4-8-24(32(29)41-28)27-20-37(16-17-39-27)26-9-5-15-34-33(26)38/h4-5,8-15,18-19,22,27,31,36H,2-3,6-7,16-17,20H2,1H3,(H,34,38). The SMILES string of the molecule is Cc1ccc(C(Nc2ccc3c(c2)Sc2cccc(C4CN(c5ccc[nH]c5=O)CCO4)c2S3)C2CCCC2)nc1. The maximum Gasteiger partial charge on any atom is 0.271 e. The van der Waals surface area contributed by atoms with Crippen molar-refractivity contribution < 1.29 is 4.74 Å². The van der Waals surface area contributed by atoms with Gasteiger partial charge in [0.25, 0.3) is 5.56 Å². The van der Waals surface area contributed by atoms with Gasteiger partial charge < -0.3 is 19.9 Å². The minimum atomic E-state index is -0.0944. The van der Waals surface area contributed by atoms with E-state index in [2.05, 4.69) is 70.7 Å². The number of hydrogen-bond acceptors (Lipinski definition) is 7. The lowest BCUT2D eigenvalue weighted by Gasteiger charge is -2.35. The summed E-state index contributed by atoms with van der Waals surface area (Å²) in [6.45, 7) is 4.04. The molecule has 1 saturated carbocycles. The molecule has 6 nitrogen and oxygen atoms in total. The number of aryl methyl sites for hydroxylation is 1. The molecule has 2 fully saturated rings. The number of aromatic nitrogens is 2. The van der Waals surface area contributed by atoms with E-state index < -0.39 is 0 Å². The Kier molecular flexibility index (Phi) is 7.54. The lowest BCUT2D eigenvalue weighted by Crippen LogP contribution is -2.41. The highest BCUT2D eigenvalue weighted by atomic mass is 32.2. The third kappa shape index (κ3) is 5.53. The second-order valence-corrected chi connectivity index (χ2v) is 13.3. The van der Waals surface area contributed by atoms with E-state index in [1.807, 2.05) is 41.9 Å². The van der Waals surface area contributed by atoms with Crippen molar-refractivity contribution in [3.05, 3.63) is 100 Å². The van der Waals surface area contributed by atoms with Crippen LogP contribution < -0.4 is 15.8 Å². The Bertz CT molecular complexity index is 1600. The number of pyridine rings is 2. The molecule has 3 aliphatic rings. The third-order valence-electron chi connectivity index (χ3n) is 8.38. The van der Waals surface area contributed by atoms with Crippen LogP contribution >= 0.6 is 23.5 Å². The van der Waals surface area contributed by atoms with Crippen molar-refractivity contribution in [2.45, 2.75) is 64.3 Å². The molecule has 0 spiro atoms. The van der Waals surface area contributed by atoms with E-state index in [1.54, 1.807) is 6.20 Å². The minimum absolute atomic E-state index is 0.0557. The van der Waals surface area contributed by atoms with E-state index in [9.17, 15) is 4.79 Å². The maximum absolute atomic E-state index is 12.4. The summed E-state index contributed by atoms with van der Waals surface area (Å²) in [5.74, 6) is 0.605. The van der Waals surface area contributed by atoms with Crippen LogP contribution in [0.25, 0.3) is 0 Å². The number of nitrogens with zero attached hydrogens (tertiary/aromatic N) is 2. The molecule has 2 aromatic carbocycles. The Morgan fingerprint density at radius 1 is 1.02 bits per heavy atom. The van der Waals surface area contributed by atoms with Crippen LogP contribution in [-0.4, -0.2) is 29.7 Å². The quantitative estimate of drug-likeness (QED) is 0.213. The van der Waals surface area contributed by atoms with Crippen molar-refractivity contribution in [2.75, 3.05) is 29.9 Å². The van der Waals surface area contributed by atoms with Crippen LogP contribution in [0.3, 0.4) is 0 Å². The first-order chi connectivity index (χ1) is 20.1. The molecule has 0 bridgehead atoms. The third-order valence-corrected chi connectivity index (χ3v) is 11.0. The van der Waals surface area contributed by atoms with Gasteiger partial charge in [-0.05, 0) is 79.3 Å². The Labute approximate surface area is 249 Å². The van der Waals surface area contributed by atoms with Crippen LogP contribution in [-0.2, 0) is 4.74 Å². The van der Waals surface area contributed by atoms with Gasteiger partial charge in [-0.15, -0.1) is 0 Å². The lowest BCUT2D eigenvalue weighted by atomic mass is 9.94. The summed E-state index contributed by atoms with van der Waals surface area (Å²) in [6.07, 6.45) is 8.67. The van der Waals surface area contributed by atoms with E-state index in [1.165, 1.54) is 56.4 Å². The number of H-pyrrole nitrogens is 1. The molecule has 2 aromatic heterocycles. The fourth-order valence-electron chi connectivity index (χ4n) is 6.25. The molecule has 41 heavy (non-hydrogen) atoms. The summed E-state index contributed by atoms with van der Waals surface area (Å²) < 4.78 is 6.28. The number of aromatic amines is 1. The highest BCUT2D eigenvalue weighted by molar-refractivity contribution is 8.05. The number of rotatable bonds is 6. The van der Waals surface area contributed by atoms with E-state index in [-0.39, 0.29) is 17.7 Å². The number of fused-ring (bicyclic) bond motifs is 2. The Morgan fingerprint density at radius 2 is 1.93 bits per heavy atom. The van der Waals surface area contributed by atoms with E-state index in [0.717, 1.165) is 11.4 Å². The highest BCUT2D eigenvalue weighted by Crippen LogP contribution is 2.52. The zero-order valence-electron chi connectivity index (χ0n) is 23.1. The summed E-state index contributed by atoms with van der Waals surface area (Å²) in [4.78, 5) is 27.2. The van der Waals surface area contributed by atoms with Crippen molar-refractivity contribution in [3.63, 3.8) is 0 Å². The number of nitrogens with one attached hydrogen (secondary N) is 2. The van der Waals surface area contributed by atoms with Gasteiger partial charge in [0, 0.05) is 50.8 Å². The van der Waals surface area contributed by atoms with Gasteiger partial charge in [-0.1, -0.05) is 54.6 Å². The Morgan fingerprint density at radius 3 is 2.76 bits per heavy atom.